The summed E-state index contributed by atoms with van der Waals surface area (Å²) in [5.41, 5.74) is 15.3. The molecule has 6 heterocycles. The number of fused-ring (bicyclic) bond motifs is 6. The number of pyridine rings is 1. The molecule has 322 valence electrons. The van der Waals surface area contributed by atoms with Gasteiger partial charge < -0.3 is 34.9 Å². The number of urea groups is 1. The number of ether oxygens (including phenoxy) is 2. The van der Waals surface area contributed by atoms with Crippen LogP contribution in [0.2, 0.25) is 0 Å². The summed E-state index contributed by atoms with van der Waals surface area (Å²) in [5, 5.41) is 8.13. The number of carbonyl (C=O) groups excluding carboxylic acids is 4. The van der Waals surface area contributed by atoms with E-state index >= 15 is 0 Å². The number of thiazole rings is 1. The molecule has 60 heavy (non-hydrogen) atoms. The minimum Gasteiger partial charge on any atom is -0.464 e. The van der Waals surface area contributed by atoms with Gasteiger partial charge in [-0.1, -0.05) is 33.8 Å². The lowest BCUT2D eigenvalue weighted by molar-refractivity contribution is -0.155. The second kappa shape index (κ2) is 17.6. The molecule has 0 spiro atoms. The van der Waals surface area contributed by atoms with E-state index in [-0.39, 0.29) is 37.1 Å². The minimum absolute atomic E-state index is 0.0878. The molecule has 3 aliphatic heterocycles. The van der Waals surface area contributed by atoms with Crippen LogP contribution >= 0.6 is 11.3 Å². The van der Waals surface area contributed by atoms with E-state index in [1.54, 1.807) is 25.3 Å². The first kappa shape index (κ1) is 43.2. The van der Waals surface area contributed by atoms with Crippen molar-refractivity contribution in [1.29, 1.82) is 0 Å². The Kier molecular flexibility index (Phi) is 12.7. The largest absolute Gasteiger partial charge is 0.464 e. The number of nitrogens with one attached hydrogen (secondary N) is 2. The molecule has 16 heteroatoms. The second-order valence-corrected chi connectivity index (χ2v) is 18.5. The number of cyclic esters (lactones) is 1. The molecule has 1 aromatic carbocycles. The molecule has 0 saturated carbocycles. The summed E-state index contributed by atoms with van der Waals surface area (Å²) in [6, 6.07) is 7.38. The standard InChI is InChI=1S/C44H59N9O6S/c1-9-52-35-15-14-27-18-30(35)31(39(52)29-12-10-16-46-37(29)26(4)58-8)20-44(5,6)24-59-42(56)32-13-11-17-53(49-32)41(55)33(19-36-47-34(27)23-60-36)48-40(54)38(25(2)3)50(7)43(57)51-21-28(45)22-51/h10,12,14-16,18,23,25-26,28,32-33,38,49H,9,11,13,17,19-22,24,45H2,1-8H3,(H,48,54)/t26-,32-,33-,38?/m0/s1. The van der Waals surface area contributed by atoms with Crippen molar-refractivity contribution in [2.24, 2.45) is 17.1 Å². The van der Waals surface area contributed by atoms with E-state index in [0.29, 0.717) is 50.4 Å². The Balaban J connectivity index is 1.30. The second-order valence-electron chi connectivity index (χ2n) is 17.5. The average molecular weight is 842 g/mol. The first-order valence-electron chi connectivity index (χ1n) is 21.0. The van der Waals surface area contributed by atoms with Crippen molar-refractivity contribution in [3.63, 3.8) is 0 Å². The topological polar surface area (TPSA) is 177 Å². The van der Waals surface area contributed by atoms with Gasteiger partial charge in [-0.2, -0.15) is 0 Å². The molecule has 4 aromatic rings. The normalized spacial score (nSPS) is 21.0. The average Bonchev–Trinajstić information content (AvgIpc) is 3.81. The maximum atomic E-state index is 14.5. The summed E-state index contributed by atoms with van der Waals surface area (Å²) in [6.07, 6.45) is 3.28. The highest BCUT2D eigenvalue weighted by Crippen LogP contribution is 2.42. The van der Waals surface area contributed by atoms with Crippen LogP contribution in [-0.2, 0) is 43.2 Å². The van der Waals surface area contributed by atoms with E-state index < -0.39 is 41.3 Å². The predicted molar refractivity (Wildman–Crippen MR) is 231 cm³/mol. The molecule has 4 amide bonds. The van der Waals surface area contributed by atoms with Crippen molar-refractivity contribution in [3.05, 3.63) is 58.2 Å². The fraction of sp³-hybridized carbons (Fsp3) is 0.545. The van der Waals surface area contributed by atoms with E-state index in [9.17, 15) is 19.2 Å². The Morgan fingerprint density at radius 2 is 1.95 bits per heavy atom. The van der Waals surface area contributed by atoms with Crippen LogP contribution in [0.25, 0.3) is 33.4 Å². The highest BCUT2D eigenvalue weighted by Gasteiger charge is 2.40. The molecule has 6 bridgehead atoms. The number of aromatic nitrogens is 3. The maximum Gasteiger partial charge on any atom is 0.324 e. The zero-order chi connectivity index (χ0) is 43.0. The summed E-state index contributed by atoms with van der Waals surface area (Å²) < 4.78 is 14.2. The number of nitrogens with zero attached hydrogens (tertiary/aromatic N) is 6. The third-order valence-electron chi connectivity index (χ3n) is 12.0. The number of likely N-dealkylation sites (N-methyl/N-ethyl adjacent to an activating group) is 1. The van der Waals surface area contributed by atoms with Gasteiger partial charge in [-0.3, -0.25) is 24.4 Å². The summed E-state index contributed by atoms with van der Waals surface area (Å²) in [4.78, 5) is 68.7. The lowest BCUT2D eigenvalue weighted by atomic mass is 9.84. The van der Waals surface area contributed by atoms with Gasteiger partial charge >= 0.3 is 12.0 Å². The number of aryl methyl sites for hydroxylation is 1. The van der Waals surface area contributed by atoms with Gasteiger partial charge in [-0.05, 0) is 68.9 Å². The number of methoxy groups -OCH3 is 1. The third kappa shape index (κ3) is 8.65. The number of nitrogens with two attached hydrogens (primary N) is 1. The van der Waals surface area contributed by atoms with Crippen LogP contribution in [0.4, 0.5) is 4.79 Å². The van der Waals surface area contributed by atoms with Crippen LogP contribution in [0.15, 0.2) is 41.9 Å². The van der Waals surface area contributed by atoms with Crippen molar-refractivity contribution < 1.29 is 28.7 Å². The van der Waals surface area contributed by atoms with Gasteiger partial charge in [-0.15, -0.1) is 11.3 Å². The molecule has 2 fully saturated rings. The lowest BCUT2D eigenvalue weighted by Gasteiger charge is -2.42. The highest BCUT2D eigenvalue weighted by molar-refractivity contribution is 7.10. The van der Waals surface area contributed by atoms with Gasteiger partial charge in [0.2, 0.25) is 5.91 Å². The maximum absolute atomic E-state index is 14.5. The van der Waals surface area contributed by atoms with E-state index in [4.69, 9.17) is 25.2 Å². The van der Waals surface area contributed by atoms with Crippen LogP contribution in [0.1, 0.15) is 76.8 Å². The predicted octanol–water partition coefficient (Wildman–Crippen LogP) is 4.92. The zero-order valence-corrected chi connectivity index (χ0v) is 36.8. The molecular formula is C44H59N9O6S. The summed E-state index contributed by atoms with van der Waals surface area (Å²) in [6.45, 7) is 14.1. The van der Waals surface area contributed by atoms with Gasteiger partial charge in [0.1, 0.15) is 18.1 Å². The molecule has 0 radical (unpaired) electrons. The van der Waals surface area contributed by atoms with Crippen molar-refractivity contribution in [3.8, 4) is 22.5 Å². The Labute approximate surface area is 355 Å². The van der Waals surface area contributed by atoms with E-state index in [2.05, 4.69) is 60.3 Å². The monoisotopic (exact) mass is 841 g/mol. The van der Waals surface area contributed by atoms with Crippen molar-refractivity contribution in [1.82, 2.24) is 40.1 Å². The van der Waals surface area contributed by atoms with Crippen molar-refractivity contribution >= 4 is 46.1 Å². The Morgan fingerprint density at radius 3 is 2.65 bits per heavy atom. The van der Waals surface area contributed by atoms with Gasteiger partial charge in [0.25, 0.3) is 5.91 Å². The molecule has 7 rings (SSSR count). The van der Waals surface area contributed by atoms with Gasteiger partial charge in [0.05, 0.1) is 34.8 Å². The van der Waals surface area contributed by atoms with Crippen LogP contribution in [0.5, 0.6) is 0 Å². The number of hydrogen-bond donors (Lipinski definition) is 3. The quantitative estimate of drug-likeness (QED) is 0.207. The lowest BCUT2D eigenvalue weighted by Crippen LogP contribution is -2.64. The number of hydrazine groups is 1. The van der Waals surface area contributed by atoms with Crippen LogP contribution in [-0.4, -0.2) is 118 Å². The number of rotatable bonds is 8. The number of carbonyl (C=O) groups is 4. The molecule has 3 aliphatic rings. The van der Waals surface area contributed by atoms with Crippen molar-refractivity contribution in [2.75, 3.05) is 40.4 Å². The SMILES string of the molecule is CCn1c(-c2cccnc2[C@H](C)OC)c2c3cc(ccc31)-c1csc(n1)C[C@H](NC(=O)C(C(C)C)N(C)C(=O)N1CC(N)C1)C(=O)N1CCC[C@H](N1)C(=O)OCC(C)(C)C2. The minimum atomic E-state index is -1.04. The molecule has 1 unspecified atom stereocenters. The number of esters is 1. The number of amides is 4. The van der Waals surface area contributed by atoms with E-state index in [1.807, 2.05) is 32.2 Å². The smallest absolute Gasteiger partial charge is 0.324 e. The molecule has 4 N–H and O–H groups in total. The number of likely N-dealkylation sites (tertiary alicyclic amines) is 1. The fourth-order valence-corrected chi connectivity index (χ4v) is 9.61. The Hall–Kier alpha value is -4.90. The summed E-state index contributed by atoms with van der Waals surface area (Å²) >= 11 is 1.42. The Bertz CT molecular complexity index is 2250. The summed E-state index contributed by atoms with van der Waals surface area (Å²) in [7, 11) is 3.29. The molecule has 3 aromatic heterocycles. The molecule has 4 atom stereocenters. The van der Waals surface area contributed by atoms with Crippen LogP contribution < -0.4 is 16.5 Å². The van der Waals surface area contributed by atoms with Gasteiger partial charge in [-0.25, -0.2) is 15.2 Å². The van der Waals surface area contributed by atoms with Gasteiger partial charge in [0.15, 0.2) is 0 Å². The van der Waals surface area contributed by atoms with E-state index in [0.717, 1.165) is 44.7 Å². The molecule has 15 nitrogen and oxygen atoms in total. The molecule has 0 aliphatic carbocycles. The first-order chi connectivity index (χ1) is 28.6. The van der Waals surface area contributed by atoms with Gasteiger partial charge in [0, 0.05) is 91.8 Å². The Morgan fingerprint density at radius 1 is 1.18 bits per heavy atom. The first-order valence-corrected chi connectivity index (χ1v) is 21.9. The highest BCUT2D eigenvalue weighted by atomic mass is 32.1. The van der Waals surface area contributed by atoms with E-state index in [1.165, 1.54) is 21.2 Å². The zero-order valence-electron chi connectivity index (χ0n) is 36.0. The van der Waals surface area contributed by atoms with Crippen molar-refractivity contribution in [2.45, 2.75) is 104 Å². The fourth-order valence-electron chi connectivity index (χ4n) is 8.76. The molecule has 2 saturated heterocycles. The summed E-state index contributed by atoms with van der Waals surface area (Å²) in [5.74, 6) is -1.56. The third-order valence-corrected chi connectivity index (χ3v) is 12.8. The number of benzene rings is 1. The van der Waals surface area contributed by atoms with Crippen LogP contribution in [0.3, 0.4) is 0 Å². The number of hydrogen-bond acceptors (Lipinski definition) is 11. The van der Waals surface area contributed by atoms with Crippen LogP contribution in [0, 0.1) is 11.3 Å². The molecular weight excluding hydrogens is 783 g/mol.